The van der Waals surface area contributed by atoms with Crippen LogP contribution >= 0.6 is 11.6 Å². The molecule has 1 aliphatic heterocycles. The molecule has 0 saturated heterocycles. The van der Waals surface area contributed by atoms with Crippen LogP contribution in [0.1, 0.15) is 50.8 Å². The third-order valence-electron chi connectivity index (χ3n) is 7.68. The number of anilines is 4. The van der Waals surface area contributed by atoms with Crippen molar-refractivity contribution in [1.82, 2.24) is 14.9 Å². The number of benzene rings is 2. The largest absolute Gasteiger partial charge is 0.495 e. The fraction of sp³-hybridized carbons (Fsp3) is 0.393. The molecular weight excluding hydrogens is 595 g/mol. The van der Waals surface area contributed by atoms with Crippen LogP contribution in [-0.2, 0) is 21.1 Å². The molecule has 1 atom stereocenters. The molecule has 2 N–H and O–H groups in total. The lowest BCUT2D eigenvalue weighted by Crippen LogP contribution is -2.53. The number of methoxy groups -OCH3 is 1. The van der Waals surface area contributed by atoms with Crippen molar-refractivity contribution in [1.29, 1.82) is 0 Å². The first-order valence-electron chi connectivity index (χ1n) is 13.2. The predicted octanol–water partition coefficient (Wildman–Crippen LogP) is 6.35. The molecule has 14 heteroatoms. The minimum absolute atomic E-state index is 0.0988. The first-order chi connectivity index (χ1) is 19.7. The molecule has 42 heavy (non-hydrogen) atoms. The van der Waals surface area contributed by atoms with Crippen molar-refractivity contribution in [3.05, 3.63) is 58.7 Å². The maximum absolute atomic E-state index is 13.4. The summed E-state index contributed by atoms with van der Waals surface area (Å²) in [7, 11) is -2.19. The molecule has 224 valence electrons. The minimum atomic E-state index is -4.97. The standard InChI is InChI=1S/C28H29ClF3N5O4S/c1-15(2)42(39,40)23-8-6-5-7-20(23)34-24-19(29)14-33-26(36-24)35-21-11-17-13-27(9-10-27)37(25(38)28(30,31)32)16(3)18(17)12-22(21)41-4/h5-8,11-12,14-16H,9-10,13H2,1-4H3,(H2,33,34,35,36). The average molecular weight is 624 g/mol. The molecule has 1 saturated carbocycles. The summed E-state index contributed by atoms with van der Waals surface area (Å²) in [4.78, 5) is 22.1. The van der Waals surface area contributed by atoms with Gasteiger partial charge in [0, 0.05) is 5.54 Å². The van der Waals surface area contributed by atoms with Gasteiger partial charge in [0.25, 0.3) is 0 Å². The van der Waals surface area contributed by atoms with E-state index in [4.69, 9.17) is 16.3 Å². The Kier molecular flexibility index (Phi) is 7.55. The Morgan fingerprint density at radius 1 is 1.17 bits per heavy atom. The van der Waals surface area contributed by atoms with E-state index in [0.717, 1.165) is 10.5 Å². The fourth-order valence-corrected chi connectivity index (χ4v) is 6.70. The monoisotopic (exact) mass is 623 g/mol. The van der Waals surface area contributed by atoms with Gasteiger partial charge in [-0.25, -0.2) is 13.4 Å². The number of aromatic nitrogens is 2. The first kappa shape index (κ1) is 29.9. The fourth-order valence-electron chi connectivity index (χ4n) is 5.36. The van der Waals surface area contributed by atoms with Crippen LogP contribution < -0.4 is 15.4 Å². The van der Waals surface area contributed by atoms with Crippen LogP contribution in [0.25, 0.3) is 0 Å². The maximum atomic E-state index is 13.4. The first-order valence-corrected chi connectivity index (χ1v) is 15.1. The quantitative estimate of drug-likeness (QED) is 0.313. The van der Waals surface area contributed by atoms with Crippen molar-refractivity contribution < 1.29 is 31.1 Å². The Bertz CT molecular complexity index is 1660. The SMILES string of the molecule is COc1cc2c(cc1Nc1ncc(Cl)c(Nc3ccccc3S(=O)(=O)C(C)C)n1)CC1(CC1)N(C(=O)C(F)(F)F)C2C. The lowest BCUT2D eigenvalue weighted by atomic mass is 9.86. The maximum Gasteiger partial charge on any atom is 0.471 e. The summed E-state index contributed by atoms with van der Waals surface area (Å²) in [6, 6.07) is 9.01. The molecule has 5 rings (SSSR count). The van der Waals surface area contributed by atoms with E-state index in [2.05, 4.69) is 20.6 Å². The number of para-hydroxylation sites is 1. The van der Waals surface area contributed by atoms with Gasteiger partial charge >= 0.3 is 12.1 Å². The van der Waals surface area contributed by atoms with Crippen LogP contribution in [0, 0.1) is 0 Å². The molecule has 9 nitrogen and oxygen atoms in total. The van der Waals surface area contributed by atoms with Crippen LogP contribution in [0.3, 0.4) is 0 Å². The average Bonchev–Trinajstić information content (AvgIpc) is 3.69. The van der Waals surface area contributed by atoms with Gasteiger partial charge in [0.05, 0.1) is 40.9 Å². The predicted molar refractivity (Wildman–Crippen MR) is 152 cm³/mol. The number of carbonyl (C=O) groups excluding carboxylic acids is 1. The van der Waals surface area contributed by atoms with Crippen molar-refractivity contribution in [3.8, 4) is 5.75 Å². The number of hydrogen-bond donors (Lipinski definition) is 2. The number of fused-ring (bicyclic) bond motifs is 1. The second-order valence-electron chi connectivity index (χ2n) is 10.7. The Balaban J connectivity index is 1.47. The van der Waals surface area contributed by atoms with Crippen molar-refractivity contribution in [2.45, 2.75) is 67.9 Å². The summed E-state index contributed by atoms with van der Waals surface area (Å²) < 4.78 is 71.6. The van der Waals surface area contributed by atoms with Crippen LogP contribution in [0.5, 0.6) is 5.75 Å². The van der Waals surface area contributed by atoms with Gasteiger partial charge in [-0.3, -0.25) is 4.79 Å². The molecule has 2 aliphatic rings. The molecule has 0 bridgehead atoms. The molecule has 2 heterocycles. The van der Waals surface area contributed by atoms with Crippen molar-refractivity contribution >= 4 is 50.5 Å². The Labute approximate surface area is 246 Å². The molecule has 1 fully saturated rings. The Morgan fingerprint density at radius 3 is 2.48 bits per heavy atom. The number of halogens is 4. The second kappa shape index (κ2) is 10.6. The number of carbonyl (C=O) groups is 1. The highest BCUT2D eigenvalue weighted by Crippen LogP contribution is 2.54. The molecule has 0 radical (unpaired) electrons. The van der Waals surface area contributed by atoms with Crippen LogP contribution in [-0.4, -0.2) is 53.3 Å². The lowest BCUT2D eigenvalue weighted by Gasteiger charge is -2.43. The van der Waals surface area contributed by atoms with Gasteiger partial charge in [0.15, 0.2) is 15.7 Å². The minimum Gasteiger partial charge on any atom is -0.495 e. The third-order valence-corrected chi connectivity index (χ3v) is 10.2. The van der Waals surface area contributed by atoms with E-state index in [1.165, 1.54) is 19.4 Å². The smallest absolute Gasteiger partial charge is 0.471 e. The zero-order chi connectivity index (χ0) is 30.6. The highest BCUT2D eigenvalue weighted by molar-refractivity contribution is 7.92. The zero-order valence-electron chi connectivity index (χ0n) is 23.2. The summed E-state index contributed by atoms with van der Waals surface area (Å²) in [6.07, 6.45) is -2.38. The van der Waals surface area contributed by atoms with Gasteiger partial charge < -0.3 is 20.3 Å². The molecule has 1 unspecified atom stereocenters. The van der Waals surface area contributed by atoms with E-state index in [1.807, 2.05) is 0 Å². The number of hydrogen-bond acceptors (Lipinski definition) is 8. The summed E-state index contributed by atoms with van der Waals surface area (Å²) in [5.41, 5.74) is 1.24. The number of nitrogens with one attached hydrogen (secondary N) is 2. The molecule has 1 amide bonds. The molecule has 1 aromatic heterocycles. The van der Waals surface area contributed by atoms with Gasteiger partial charge in [-0.15, -0.1) is 0 Å². The number of amides is 1. The number of ether oxygens (including phenoxy) is 1. The van der Waals surface area contributed by atoms with E-state index in [9.17, 15) is 26.4 Å². The van der Waals surface area contributed by atoms with Crippen molar-refractivity contribution in [3.63, 3.8) is 0 Å². The summed E-state index contributed by atoms with van der Waals surface area (Å²) >= 11 is 6.36. The summed E-state index contributed by atoms with van der Waals surface area (Å²) in [5.74, 6) is -1.25. The van der Waals surface area contributed by atoms with E-state index >= 15 is 0 Å². The van der Waals surface area contributed by atoms with Gasteiger partial charge in [-0.1, -0.05) is 23.7 Å². The number of sulfone groups is 1. The molecule has 1 spiro atoms. The summed E-state index contributed by atoms with van der Waals surface area (Å²) in [6.45, 7) is 4.77. The second-order valence-corrected chi connectivity index (χ2v) is 13.6. The molecule has 1 aliphatic carbocycles. The number of alkyl halides is 3. The van der Waals surface area contributed by atoms with E-state index in [-0.39, 0.29) is 28.1 Å². The highest BCUT2D eigenvalue weighted by Gasteiger charge is 2.59. The third kappa shape index (κ3) is 5.35. The molecular formula is C28H29ClF3N5O4S. The topological polar surface area (TPSA) is 114 Å². The Hall–Kier alpha value is -3.58. The zero-order valence-corrected chi connectivity index (χ0v) is 24.8. The van der Waals surface area contributed by atoms with E-state index < -0.39 is 38.8 Å². The normalized spacial score (nSPS) is 17.6. The summed E-state index contributed by atoms with van der Waals surface area (Å²) in [5, 5.41) is 5.58. The lowest BCUT2D eigenvalue weighted by molar-refractivity contribution is -0.192. The van der Waals surface area contributed by atoms with E-state index in [1.54, 1.807) is 51.1 Å². The van der Waals surface area contributed by atoms with Gasteiger partial charge in [0.1, 0.15) is 10.8 Å². The molecule has 3 aromatic rings. The van der Waals surface area contributed by atoms with Crippen molar-refractivity contribution in [2.24, 2.45) is 0 Å². The van der Waals surface area contributed by atoms with Gasteiger partial charge in [-0.2, -0.15) is 18.2 Å². The molecule has 2 aromatic carbocycles. The number of rotatable bonds is 7. The van der Waals surface area contributed by atoms with Crippen LogP contribution in [0.2, 0.25) is 5.02 Å². The van der Waals surface area contributed by atoms with Gasteiger partial charge in [-0.05, 0) is 75.4 Å². The van der Waals surface area contributed by atoms with Crippen molar-refractivity contribution in [2.75, 3.05) is 17.7 Å². The Morgan fingerprint density at radius 2 is 1.86 bits per heavy atom. The van der Waals surface area contributed by atoms with Gasteiger partial charge in [0.2, 0.25) is 5.95 Å². The van der Waals surface area contributed by atoms with Crippen LogP contribution in [0.15, 0.2) is 47.5 Å². The van der Waals surface area contributed by atoms with E-state index in [0.29, 0.717) is 35.5 Å². The number of nitrogens with zero attached hydrogens (tertiary/aromatic N) is 3. The van der Waals surface area contributed by atoms with Crippen LogP contribution in [0.4, 0.5) is 36.3 Å². The highest BCUT2D eigenvalue weighted by atomic mass is 35.5.